The van der Waals surface area contributed by atoms with Gasteiger partial charge in [0.25, 0.3) is 0 Å². The van der Waals surface area contributed by atoms with E-state index in [-0.39, 0.29) is 5.54 Å². The summed E-state index contributed by atoms with van der Waals surface area (Å²) in [5.74, 6) is 0. The molecular weight excluding hydrogens is 234 g/mol. The van der Waals surface area contributed by atoms with Gasteiger partial charge in [0, 0.05) is 25.3 Å². The summed E-state index contributed by atoms with van der Waals surface area (Å²) in [7, 11) is 0. The highest BCUT2D eigenvalue weighted by atomic mass is 16.5. The molecule has 0 spiro atoms. The van der Waals surface area contributed by atoms with Crippen LogP contribution in [0.5, 0.6) is 0 Å². The predicted octanol–water partition coefficient (Wildman–Crippen LogP) is 3.41. The van der Waals surface area contributed by atoms with Crippen molar-refractivity contribution in [3.05, 3.63) is 35.9 Å². The van der Waals surface area contributed by atoms with E-state index in [0.717, 1.165) is 39.0 Å². The lowest BCUT2D eigenvalue weighted by Gasteiger charge is -2.40. The number of nitrogens with one attached hydrogen (secondary N) is 1. The highest BCUT2D eigenvalue weighted by Gasteiger charge is 2.33. The summed E-state index contributed by atoms with van der Waals surface area (Å²) in [6, 6.07) is 10.9. The SMILES string of the molecule is CC(C)(C)NCC1(Cc2ccccc2)CCOCC1. The smallest absolute Gasteiger partial charge is 0.0471 e. The van der Waals surface area contributed by atoms with E-state index in [1.165, 1.54) is 5.56 Å². The first kappa shape index (κ1) is 14.5. The first-order chi connectivity index (χ1) is 8.99. The first-order valence-electron chi connectivity index (χ1n) is 7.36. The van der Waals surface area contributed by atoms with Gasteiger partial charge in [-0.05, 0) is 51.0 Å². The fourth-order valence-electron chi connectivity index (χ4n) is 2.70. The van der Waals surface area contributed by atoms with Gasteiger partial charge in [-0.25, -0.2) is 0 Å². The molecular formula is C17H27NO. The van der Waals surface area contributed by atoms with Gasteiger partial charge in [0.05, 0.1) is 0 Å². The molecule has 1 fully saturated rings. The topological polar surface area (TPSA) is 21.3 Å². The van der Waals surface area contributed by atoms with Crippen LogP contribution >= 0.6 is 0 Å². The Balaban J connectivity index is 2.06. The summed E-state index contributed by atoms with van der Waals surface area (Å²) < 4.78 is 5.57. The van der Waals surface area contributed by atoms with Gasteiger partial charge in [0.1, 0.15) is 0 Å². The van der Waals surface area contributed by atoms with E-state index < -0.39 is 0 Å². The molecule has 0 bridgehead atoms. The van der Waals surface area contributed by atoms with Crippen LogP contribution in [-0.2, 0) is 11.2 Å². The van der Waals surface area contributed by atoms with Crippen molar-refractivity contribution in [1.29, 1.82) is 0 Å². The Morgan fingerprint density at radius 1 is 1.11 bits per heavy atom. The van der Waals surface area contributed by atoms with Crippen molar-refractivity contribution in [2.45, 2.75) is 45.6 Å². The van der Waals surface area contributed by atoms with Crippen LogP contribution in [0.3, 0.4) is 0 Å². The second kappa shape index (κ2) is 6.06. The molecule has 1 saturated heterocycles. The molecule has 0 radical (unpaired) electrons. The number of hydrogen-bond acceptors (Lipinski definition) is 2. The molecule has 1 N–H and O–H groups in total. The second-order valence-electron chi connectivity index (χ2n) is 6.88. The Morgan fingerprint density at radius 3 is 2.32 bits per heavy atom. The van der Waals surface area contributed by atoms with Crippen LogP contribution in [0.15, 0.2) is 30.3 Å². The summed E-state index contributed by atoms with van der Waals surface area (Å²) in [6.07, 6.45) is 3.47. The van der Waals surface area contributed by atoms with Gasteiger partial charge in [-0.2, -0.15) is 0 Å². The molecule has 0 saturated carbocycles. The minimum absolute atomic E-state index is 0.183. The van der Waals surface area contributed by atoms with E-state index in [1.807, 2.05) is 0 Å². The van der Waals surface area contributed by atoms with Crippen molar-refractivity contribution in [2.24, 2.45) is 5.41 Å². The first-order valence-corrected chi connectivity index (χ1v) is 7.36. The van der Waals surface area contributed by atoms with Crippen molar-refractivity contribution in [3.8, 4) is 0 Å². The van der Waals surface area contributed by atoms with E-state index in [4.69, 9.17) is 4.74 Å². The van der Waals surface area contributed by atoms with Gasteiger partial charge in [0.2, 0.25) is 0 Å². The summed E-state index contributed by atoms with van der Waals surface area (Å²) in [4.78, 5) is 0. The van der Waals surface area contributed by atoms with Crippen LogP contribution in [-0.4, -0.2) is 25.3 Å². The molecule has 2 nitrogen and oxygen atoms in total. The minimum Gasteiger partial charge on any atom is -0.381 e. The normalized spacial score (nSPS) is 19.3. The fourth-order valence-corrected chi connectivity index (χ4v) is 2.70. The van der Waals surface area contributed by atoms with E-state index in [1.54, 1.807) is 0 Å². The Kier molecular flexibility index (Phi) is 4.64. The number of ether oxygens (including phenoxy) is 1. The van der Waals surface area contributed by atoms with Crippen LogP contribution < -0.4 is 5.32 Å². The third kappa shape index (κ3) is 4.63. The van der Waals surface area contributed by atoms with Gasteiger partial charge in [-0.3, -0.25) is 0 Å². The second-order valence-corrected chi connectivity index (χ2v) is 6.88. The maximum atomic E-state index is 5.57. The van der Waals surface area contributed by atoms with Crippen LogP contribution in [0.1, 0.15) is 39.2 Å². The summed E-state index contributed by atoms with van der Waals surface area (Å²) in [5.41, 5.74) is 1.98. The van der Waals surface area contributed by atoms with E-state index in [2.05, 4.69) is 56.4 Å². The quantitative estimate of drug-likeness (QED) is 0.897. The van der Waals surface area contributed by atoms with Gasteiger partial charge in [-0.1, -0.05) is 30.3 Å². The zero-order chi connectivity index (χ0) is 13.8. The molecule has 1 heterocycles. The predicted molar refractivity (Wildman–Crippen MR) is 80.4 cm³/mol. The molecule has 19 heavy (non-hydrogen) atoms. The van der Waals surface area contributed by atoms with Gasteiger partial charge >= 0.3 is 0 Å². The minimum atomic E-state index is 0.183. The lowest BCUT2D eigenvalue weighted by atomic mass is 9.74. The summed E-state index contributed by atoms with van der Waals surface area (Å²) >= 11 is 0. The highest BCUT2D eigenvalue weighted by molar-refractivity contribution is 5.17. The number of hydrogen-bond donors (Lipinski definition) is 1. The number of benzene rings is 1. The van der Waals surface area contributed by atoms with Crippen molar-refractivity contribution < 1.29 is 4.74 Å². The van der Waals surface area contributed by atoms with Crippen LogP contribution in [0.4, 0.5) is 0 Å². The van der Waals surface area contributed by atoms with Crippen LogP contribution in [0.25, 0.3) is 0 Å². The Hall–Kier alpha value is -0.860. The largest absolute Gasteiger partial charge is 0.381 e. The third-order valence-corrected chi connectivity index (χ3v) is 3.97. The van der Waals surface area contributed by atoms with Crippen molar-refractivity contribution in [3.63, 3.8) is 0 Å². The molecule has 0 amide bonds. The van der Waals surface area contributed by atoms with Gasteiger partial charge in [0.15, 0.2) is 0 Å². The molecule has 1 aromatic rings. The maximum Gasteiger partial charge on any atom is 0.0471 e. The summed E-state index contributed by atoms with van der Waals surface area (Å²) in [5, 5.41) is 3.70. The Morgan fingerprint density at radius 2 is 1.74 bits per heavy atom. The average Bonchev–Trinajstić information content (AvgIpc) is 2.38. The molecule has 0 aliphatic carbocycles. The lowest BCUT2D eigenvalue weighted by molar-refractivity contribution is 0.0121. The standard InChI is InChI=1S/C17H27NO/c1-16(2,3)18-14-17(9-11-19-12-10-17)13-15-7-5-4-6-8-15/h4-8,18H,9-14H2,1-3H3. The van der Waals surface area contributed by atoms with Crippen LogP contribution in [0.2, 0.25) is 0 Å². The van der Waals surface area contributed by atoms with Gasteiger partial charge in [-0.15, -0.1) is 0 Å². The average molecular weight is 261 g/mol. The lowest BCUT2D eigenvalue weighted by Crippen LogP contribution is -2.47. The van der Waals surface area contributed by atoms with Gasteiger partial charge < -0.3 is 10.1 Å². The maximum absolute atomic E-state index is 5.57. The monoisotopic (exact) mass is 261 g/mol. The van der Waals surface area contributed by atoms with E-state index in [0.29, 0.717) is 5.41 Å². The van der Waals surface area contributed by atoms with Crippen molar-refractivity contribution in [1.82, 2.24) is 5.32 Å². The molecule has 2 rings (SSSR count). The Bertz CT molecular complexity index is 374. The fraction of sp³-hybridized carbons (Fsp3) is 0.647. The molecule has 1 aliphatic rings. The Labute approximate surface area is 117 Å². The van der Waals surface area contributed by atoms with Crippen molar-refractivity contribution >= 4 is 0 Å². The molecule has 106 valence electrons. The zero-order valence-electron chi connectivity index (χ0n) is 12.5. The molecule has 0 aromatic heterocycles. The molecule has 1 aliphatic heterocycles. The van der Waals surface area contributed by atoms with E-state index >= 15 is 0 Å². The summed E-state index contributed by atoms with van der Waals surface area (Å²) in [6.45, 7) is 9.60. The third-order valence-electron chi connectivity index (χ3n) is 3.97. The zero-order valence-corrected chi connectivity index (χ0v) is 12.5. The van der Waals surface area contributed by atoms with Crippen LogP contribution in [0, 0.1) is 5.41 Å². The number of rotatable bonds is 4. The molecule has 0 unspecified atom stereocenters. The highest BCUT2D eigenvalue weighted by Crippen LogP contribution is 2.34. The molecule has 1 aromatic carbocycles. The molecule has 2 heteroatoms. The van der Waals surface area contributed by atoms with E-state index in [9.17, 15) is 0 Å². The molecule has 0 atom stereocenters. The van der Waals surface area contributed by atoms with Crippen molar-refractivity contribution in [2.75, 3.05) is 19.8 Å².